The Balaban J connectivity index is 1.43. The first-order valence-electron chi connectivity index (χ1n) is 8.47. The maximum atomic E-state index is 13.7. The lowest BCUT2D eigenvalue weighted by Gasteiger charge is -2.36. The molecule has 26 heavy (non-hydrogen) atoms. The molecule has 4 heterocycles. The number of hydrogen-bond acceptors (Lipinski definition) is 6. The summed E-state index contributed by atoms with van der Waals surface area (Å²) in [6.45, 7) is 3.12. The lowest BCUT2D eigenvalue weighted by molar-refractivity contribution is 0.628. The largest absolute Gasteiger partial charge is 0.352 e. The normalized spacial score (nSPS) is 15.1. The highest BCUT2D eigenvalue weighted by Gasteiger charge is 2.22. The minimum Gasteiger partial charge on any atom is -0.352 e. The zero-order chi connectivity index (χ0) is 17.5. The number of piperazine rings is 1. The molecule has 8 heteroatoms. The SMILES string of the molecule is Fc1ccc2ncnc(N3CCN(c4nccn5ccnc45)CC3)c2c1. The first kappa shape index (κ1) is 15.0. The molecule has 7 nitrogen and oxygen atoms in total. The van der Waals surface area contributed by atoms with E-state index in [1.807, 2.05) is 16.8 Å². The molecular weight excluding hydrogens is 333 g/mol. The molecule has 3 aromatic heterocycles. The molecule has 5 rings (SSSR count). The van der Waals surface area contributed by atoms with Crippen molar-refractivity contribution in [1.29, 1.82) is 0 Å². The number of aromatic nitrogens is 5. The van der Waals surface area contributed by atoms with Crippen LogP contribution in [0.1, 0.15) is 0 Å². The molecule has 0 spiro atoms. The third kappa shape index (κ3) is 2.42. The van der Waals surface area contributed by atoms with Crippen molar-refractivity contribution in [3.63, 3.8) is 0 Å². The maximum Gasteiger partial charge on any atom is 0.180 e. The third-order valence-corrected chi connectivity index (χ3v) is 4.75. The Morgan fingerprint density at radius 1 is 0.808 bits per heavy atom. The molecule has 0 N–H and O–H groups in total. The molecule has 0 radical (unpaired) electrons. The second kappa shape index (κ2) is 5.91. The van der Waals surface area contributed by atoms with E-state index < -0.39 is 0 Å². The summed E-state index contributed by atoms with van der Waals surface area (Å²) in [4.78, 5) is 22.0. The molecule has 1 aromatic carbocycles. The summed E-state index contributed by atoms with van der Waals surface area (Å²) in [6.07, 6.45) is 8.91. The maximum absolute atomic E-state index is 13.7. The Kier molecular flexibility index (Phi) is 3.41. The van der Waals surface area contributed by atoms with E-state index in [-0.39, 0.29) is 5.82 Å². The Labute approximate surface area is 148 Å². The zero-order valence-electron chi connectivity index (χ0n) is 14.0. The van der Waals surface area contributed by atoms with E-state index in [9.17, 15) is 4.39 Å². The van der Waals surface area contributed by atoms with Gasteiger partial charge in [0.15, 0.2) is 11.5 Å². The minimum atomic E-state index is -0.276. The van der Waals surface area contributed by atoms with Crippen molar-refractivity contribution < 1.29 is 4.39 Å². The van der Waals surface area contributed by atoms with Crippen LogP contribution in [0, 0.1) is 5.82 Å². The van der Waals surface area contributed by atoms with Crippen LogP contribution in [0.2, 0.25) is 0 Å². The standard InChI is InChI=1S/C18H16FN7/c19-13-1-2-15-14(11-13)16(23-12-22-15)25-7-9-26(10-8-25)18-17-20-3-5-24(17)6-4-21-18/h1-6,11-12H,7-10H2. The van der Waals surface area contributed by atoms with Crippen molar-refractivity contribution in [3.8, 4) is 0 Å². The van der Waals surface area contributed by atoms with E-state index in [1.54, 1.807) is 18.5 Å². The molecule has 1 aliphatic heterocycles. The minimum absolute atomic E-state index is 0.276. The second-order valence-corrected chi connectivity index (χ2v) is 6.24. The fourth-order valence-corrected chi connectivity index (χ4v) is 3.46. The van der Waals surface area contributed by atoms with Gasteiger partial charge in [-0.05, 0) is 18.2 Å². The Morgan fingerprint density at radius 3 is 2.35 bits per heavy atom. The van der Waals surface area contributed by atoms with Crippen LogP contribution in [0.3, 0.4) is 0 Å². The van der Waals surface area contributed by atoms with Crippen LogP contribution in [-0.4, -0.2) is 50.5 Å². The predicted molar refractivity (Wildman–Crippen MR) is 96.9 cm³/mol. The van der Waals surface area contributed by atoms with Gasteiger partial charge in [0.25, 0.3) is 0 Å². The van der Waals surface area contributed by atoms with Crippen molar-refractivity contribution in [3.05, 3.63) is 55.1 Å². The lowest BCUT2D eigenvalue weighted by Crippen LogP contribution is -2.47. The molecular formula is C18H16FN7. The summed E-state index contributed by atoms with van der Waals surface area (Å²) in [5.41, 5.74) is 1.61. The molecule has 1 fully saturated rings. The number of hydrogen-bond donors (Lipinski definition) is 0. The zero-order valence-corrected chi connectivity index (χ0v) is 14.0. The van der Waals surface area contributed by atoms with Gasteiger partial charge in [-0.15, -0.1) is 0 Å². The highest BCUT2D eigenvalue weighted by Crippen LogP contribution is 2.26. The van der Waals surface area contributed by atoms with E-state index in [2.05, 4.69) is 29.7 Å². The van der Waals surface area contributed by atoms with Gasteiger partial charge in [-0.2, -0.15) is 0 Å². The highest BCUT2D eigenvalue weighted by atomic mass is 19.1. The molecule has 0 atom stereocenters. The van der Waals surface area contributed by atoms with Gasteiger partial charge in [-0.1, -0.05) is 0 Å². The average molecular weight is 349 g/mol. The highest BCUT2D eigenvalue weighted by molar-refractivity contribution is 5.89. The van der Waals surface area contributed by atoms with Crippen LogP contribution in [-0.2, 0) is 0 Å². The van der Waals surface area contributed by atoms with Crippen molar-refractivity contribution in [2.24, 2.45) is 0 Å². The number of benzene rings is 1. The van der Waals surface area contributed by atoms with Crippen molar-refractivity contribution >= 4 is 28.2 Å². The second-order valence-electron chi connectivity index (χ2n) is 6.24. The van der Waals surface area contributed by atoms with Crippen molar-refractivity contribution in [2.45, 2.75) is 0 Å². The smallest absolute Gasteiger partial charge is 0.180 e. The molecule has 1 saturated heterocycles. The lowest BCUT2D eigenvalue weighted by atomic mass is 10.2. The van der Waals surface area contributed by atoms with E-state index in [1.165, 1.54) is 18.5 Å². The van der Waals surface area contributed by atoms with Crippen LogP contribution in [0.15, 0.2) is 49.3 Å². The number of imidazole rings is 1. The average Bonchev–Trinajstić information content (AvgIpc) is 3.16. The topological polar surface area (TPSA) is 62.5 Å². The summed E-state index contributed by atoms with van der Waals surface area (Å²) < 4.78 is 15.7. The summed E-state index contributed by atoms with van der Waals surface area (Å²) in [5.74, 6) is 1.39. The van der Waals surface area contributed by atoms with Gasteiger partial charge in [0.1, 0.15) is 18.0 Å². The fourth-order valence-electron chi connectivity index (χ4n) is 3.46. The first-order chi connectivity index (χ1) is 12.8. The van der Waals surface area contributed by atoms with Gasteiger partial charge >= 0.3 is 0 Å². The monoisotopic (exact) mass is 349 g/mol. The molecule has 0 unspecified atom stereocenters. The van der Waals surface area contributed by atoms with Crippen LogP contribution in [0.5, 0.6) is 0 Å². The van der Waals surface area contributed by atoms with Crippen molar-refractivity contribution in [1.82, 2.24) is 24.3 Å². The van der Waals surface area contributed by atoms with Gasteiger partial charge in [0.05, 0.1) is 5.52 Å². The summed E-state index contributed by atoms with van der Waals surface area (Å²) in [7, 11) is 0. The molecule has 0 amide bonds. The molecule has 4 aromatic rings. The number of halogens is 1. The van der Waals surface area contributed by atoms with Crippen molar-refractivity contribution in [2.75, 3.05) is 36.0 Å². The molecule has 1 aliphatic rings. The van der Waals surface area contributed by atoms with E-state index in [0.717, 1.165) is 54.4 Å². The summed E-state index contributed by atoms with van der Waals surface area (Å²) in [6, 6.07) is 4.62. The summed E-state index contributed by atoms with van der Waals surface area (Å²) >= 11 is 0. The van der Waals surface area contributed by atoms with E-state index in [4.69, 9.17) is 0 Å². The number of fused-ring (bicyclic) bond motifs is 2. The number of nitrogens with zero attached hydrogens (tertiary/aromatic N) is 7. The fraction of sp³-hybridized carbons (Fsp3) is 0.222. The molecule has 130 valence electrons. The summed E-state index contributed by atoms with van der Waals surface area (Å²) in [5, 5.41) is 0.745. The Morgan fingerprint density at radius 2 is 1.54 bits per heavy atom. The van der Waals surface area contributed by atoms with Crippen LogP contribution < -0.4 is 9.80 Å². The Bertz CT molecular complexity index is 1090. The number of anilines is 2. The van der Waals surface area contributed by atoms with Gasteiger partial charge in [-0.3, -0.25) is 0 Å². The first-order valence-corrected chi connectivity index (χ1v) is 8.47. The predicted octanol–water partition coefficient (Wildman–Crippen LogP) is 2.14. The van der Waals surface area contributed by atoms with E-state index >= 15 is 0 Å². The number of rotatable bonds is 2. The van der Waals surface area contributed by atoms with Gasteiger partial charge < -0.3 is 14.2 Å². The molecule has 0 bridgehead atoms. The molecule has 0 aliphatic carbocycles. The quantitative estimate of drug-likeness (QED) is 0.553. The Hall–Kier alpha value is -3.29. The van der Waals surface area contributed by atoms with E-state index in [0.29, 0.717) is 0 Å². The van der Waals surface area contributed by atoms with Crippen LogP contribution in [0.25, 0.3) is 16.6 Å². The molecule has 0 saturated carbocycles. The van der Waals surface area contributed by atoms with Gasteiger partial charge in [-0.25, -0.2) is 24.3 Å². The third-order valence-electron chi connectivity index (χ3n) is 4.75. The van der Waals surface area contributed by atoms with Crippen LogP contribution >= 0.6 is 0 Å². The van der Waals surface area contributed by atoms with Gasteiger partial charge in [0.2, 0.25) is 0 Å². The van der Waals surface area contributed by atoms with Crippen LogP contribution in [0.4, 0.5) is 16.0 Å². The van der Waals surface area contributed by atoms with Gasteiger partial charge in [0, 0.05) is 56.4 Å².